The molecule has 31 heavy (non-hydrogen) atoms. The molecule has 1 atom stereocenters. The second-order valence-corrected chi connectivity index (χ2v) is 8.26. The number of para-hydroxylation sites is 1. The fourth-order valence-corrected chi connectivity index (χ4v) is 4.12. The first-order valence-corrected chi connectivity index (χ1v) is 11.4. The van der Waals surface area contributed by atoms with Crippen molar-refractivity contribution >= 4 is 35.8 Å². The molecule has 3 aliphatic rings. The van der Waals surface area contributed by atoms with Gasteiger partial charge >= 0.3 is 0 Å². The fourth-order valence-electron chi connectivity index (χ4n) is 4.12. The van der Waals surface area contributed by atoms with Gasteiger partial charge in [0.2, 0.25) is 0 Å². The van der Waals surface area contributed by atoms with Crippen molar-refractivity contribution < 1.29 is 14.3 Å². The Bertz CT molecular complexity index is 742. The van der Waals surface area contributed by atoms with Crippen LogP contribution in [0.1, 0.15) is 44.6 Å². The van der Waals surface area contributed by atoms with E-state index in [0.29, 0.717) is 32.3 Å². The van der Waals surface area contributed by atoms with Crippen LogP contribution in [0.2, 0.25) is 0 Å². The van der Waals surface area contributed by atoms with E-state index in [1.165, 1.54) is 6.42 Å². The summed E-state index contributed by atoms with van der Waals surface area (Å²) in [6.07, 6.45) is 5.52. The third-order valence-corrected chi connectivity index (χ3v) is 6.15. The summed E-state index contributed by atoms with van der Waals surface area (Å²) in [5.74, 6) is 2.00. The number of benzene rings is 1. The van der Waals surface area contributed by atoms with E-state index in [9.17, 15) is 4.79 Å². The number of amides is 1. The molecule has 0 spiro atoms. The van der Waals surface area contributed by atoms with Gasteiger partial charge in [-0.1, -0.05) is 18.2 Å². The number of carbonyl (C=O) groups is 1. The molecular formula is C23H35IN4O3. The molecule has 1 amide bonds. The van der Waals surface area contributed by atoms with E-state index in [1.54, 1.807) is 0 Å². The maximum absolute atomic E-state index is 12.6. The Morgan fingerprint density at radius 1 is 1.13 bits per heavy atom. The van der Waals surface area contributed by atoms with E-state index in [0.717, 1.165) is 62.6 Å². The summed E-state index contributed by atoms with van der Waals surface area (Å²) in [5.41, 5.74) is 1.12. The number of hydrogen-bond acceptors (Lipinski definition) is 4. The zero-order valence-electron chi connectivity index (χ0n) is 18.4. The van der Waals surface area contributed by atoms with Gasteiger partial charge in [-0.3, -0.25) is 4.79 Å². The minimum Gasteiger partial charge on any atom is -0.490 e. The number of carbonyl (C=O) groups excluding carboxylic acids is 1. The summed E-state index contributed by atoms with van der Waals surface area (Å²) in [7, 11) is 0. The molecule has 1 unspecified atom stereocenters. The van der Waals surface area contributed by atoms with Crippen molar-refractivity contribution in [2.45, 2.75) is 57.8 Å². The Balaban J connectivity index is 0.00000272. The second-order valence-electron chi connectivity index (χ2n) is 8.26. The van der Waals surface area contributed by atoms with Crippen molar-refractivity contribution in [3.63, 3.8) is 0 Å². The highest BCUT2D eigenvalue weighted by molar-refractivity contribution is 14.0. The van der Waals surface area contributed by atoms with Gasteiger partial charge in [-0.2, -0.15) is 0 Å². The highest BCUT2D eigenvalue weighted by Gasteiger charge is 2.31. The van der Waals surface area contributed by atoms with Crippen LogP contribution >= 0.6 is 24.0 Å². The van der Waals surface area contributed by atoms with E-state index in [1.807, 2.05) is 23.1 Å². The molecule has 172 valence electrons. The van der Waals surface area contributed by atoms with E-state index in [2.05, 4.69) is 23.2 Å². The quantitative estimate of drug-likeness (QED) is 0.340. The minimum absolute atomic E-state index is 0. The summed E-state index contributed by atoms with van der Waals surface area (Å²) in [5, 5.41) is 3.41. The van der Waals surface area contributed by atoms with Crippen molar-refractivity contribution in [2.24, 2.45) is 4.99 Å². The number of rotatable bonds is 6. The van der Waals surface area contributed by atoms with Gasteiger partial charge < -0.3 is 24.6 Å². The van der Waals surface area contributed by atoms with Gasteiger partial charge in [0, 0.05) is 44.9 Å². The molecule has 0 bridgehead atoms. The van der Waals surface area contributed by atoms with E-state index in [-0.39, 0.29) is 36.0 Å². The lowest BCUT2D eigenvalue weighted by Crippen LogP contribution is -2.55. The van der Waals surface area contributed by atoms with Gasteiger partial charge in [0.25, 0.3) is 5.91 Å². The predicted octanol–water partition coefficient (Wildman–Crippen LogP) is 3.02. The van der Waals surface area contributed by atoms with Crippen molar-refractivity contribution in [1.29, 1.82) is 0 Å². The summed E-state index contributed by atoms with van der Waals surface area (Å²) >= 11 is 0. The molecule has 7 nitrogen and oxygen atoms in total. The van der Waals surface area contributed by atoms with Crippen LogP contribution in [0.15, 0.2) is 29.3 Å². The third-order valence-electron chi connectivity index (χ3n) is 6.15. The maximum atomic E-state index is 12.6. The largest absolute Gasteiger partial charge is 0.490 e. The highest BCUT2D eigenvalue weighted by Crippen LogP contribution is 2.28. The van der Waals surface area contributed by atoms with Crippen LogP contribution in [0.3, 0.4) is 0 Å². The van der Waals surface area contributed by atoms with E-state index in [4.69, 9.17) is 14.5 Å². The Morgan fingerprint density at radius 3 is 2.52 bits per heavy atom. The summed E-state index contributed by atoms with van der Waals surface area (Å²) in [4.78, 5) is 21.7. The van der Waals surface area contributed by atoms with Crippen LogP contribution in [0.25, 0.3) is 0 Å². The second kappa shape index (κ2) is 11.9. The molecule has 8 heteroatoms. The monoisotopic (exact) mass is 542 g/mol. The Kier molecular flexibility index (Phi) is 9.25. The smallest absolute Gasteiger partial charge is 0.251 e. The number of nitrogens with zero attached hydrogens (tertiary/aromatic N) is 3. The first-order valence-electron chi connectivity index (χ1n) is 11.4. The normalized spacial score (nSPS) is 22.0. The number of nitrogens with one attached hydrogen (secondary N) is 1. The third kappa shape index (κ3) is 6.25. The average molecular weight is 542 g/mol. The van der Waals surface area contributed by atoms with Gasteiger partial charge in [0.15, 0.2) is 5.96 Å². The lowest BCUT2D eigenvalue weighted by atomic mass is 9.96. The number of hydrogen-bond donors (Lipinski definition) is 1. The molecule has 2 aliphatic heterocycles. The lowest BCUT2D eigenvalue weighted by Gasteiger charge is -2.37. The summed E-state index contributed by atoms with van der Waals surface area (Å²) < 4.78 is 11.7. The lowest BCUT2D eigenvalue weighted by molar-refractivity contribution is -0.142. The molecule has 1 aliphatic carbocycles. The molecule has 2 heterocycles. The number of ether oxygens (including phenoxy) is 2. The topological polar surface area (TPSA) is 66.4 Å². The van der Waals surface area contributed by atoms with E-state index >= 15 is 0 Å². The fraction of sp³-hybridized carbons (Fsp3) is 0.652. The number of guanidine groups is 1. The van der Waals surface area contributed by atoms with Crippen LogP contribution in [0.4, 0.5) is 0 Å². The highest BCUT2D eigenvalue weighted by atomic mass is 127. The SMILES string of the molecule is CCNC(=NCc1ccccc1OC1CCC1)N1CCN(C(=O)C2CCCO2)CC1.I. The number of halogens is 1. The standard InChI is InChI=1S/C23H34N4O3.HI/c1-2-24-23(25-17-18-7-3-4-10-20(18)30-19-8-5-9-19)27-14-12-26(13-15-27)22(28)21-11-6-16-29-21;/h3-4,7,10,19,21H,2,5-6,8-9,11-17H2,1H3,(H,24,25);1H. The zero-order valence-corrected chi connectivity index (χ0v) is 20.8. The zero-order chi connectivity index (χ0) is 20.8. The van der Waals surface area contributed by atoms with Crippen molar-refractivity contribution in [3.8, 4) is 5.75 Å². The average Bonchev–Trinajstić information content (AvgIpc) is 3.29. The molecule has 0 radical (unpaired) electrons. The van der Waals surface area contributed by atoms with Crippen LogP contribution in [0.5, 0.6) is 5.75 Å². The van der Waals surface area contributed by atoms with Crippen LogP contribution in [0, 0.1) is 0 Å². The Hall–Kier alpha value is -1.55. The molecule has 1 saturated carbocycles. The number of aliphatic imine (C=N–C) groups is 1. The van der Waals surface area contributed by atoms with Crippen LogP contribution in [-0.4, -0.2) is 73.2 Å². The van der Waals surface area contributed by atoms with Crippen LogP contribution in [-0.2, 0) is 16.1 Å². The first kappa shape index (κ1) is 24.1. The molecule has 1 aromatic rings. The molecule has 1 N–H and O–H groups in total. The van der Waals surface area contributed by atoms with Gasteiger partial charge in [0.1, 0.15) is 11.9 Å². The van der Waals surface area contributed by atoms with Crippen LogP contribution < -0.4 is 10.1 Å². The molecule has 0 aromatic heterocycles. The van der Waals surface area contributed by atoms with Gasteiger partial charge in [-0.25, -0.2) is 4.99 Å². The van der Waals surface area contributed by atoms with Gasteiger partial charge in [-0.05, 0) is 45.1 Å². The van der Waals surface area contributed by atoms with Crippen molar-refractivity contribution in [3.05, 3.63) is 29.8 Å². The van der Waals surface area contributed by atoms with Gasteiger partial charge in [0.05, 0.1) is 12.6 Å². The Labute approximate surface area is 202 Å². The maximum Gasteiger partial charge on any atom is 0.251 e. The van der Waals surface area contributed by atoms with Crippen molar-refractivity contribution in [1.82, 2.24) is 15.1 Å². The summed E-state index contributed by atoms with van der Waals surface area (Å²) in [6, 6.07) is 8.21. The summed E-state index contributed by atoms with van der Waals surface area (Å²) in [6.45, 7) is 7.18. The molecule has 4 rings (SSSR count). The first-order chi connectivity index (χ1) is 14.7. The van der Waals surface area contributed by atoms with Gasteiger partial charge in [-0.15, -0.1) is 24.0 Å². The molecule has 1 aromatic carbocycles. The van der Waals surface area contributed by atoms with Crippen molar-refractivity contribution in [2.75, 3.05) is 39.3 Å². The van der Waals surface area contributed by atoms with E-state index < -0.39 is 0 Å². The number of piperazine rings is 1. The molecule has 2 saturated heterocycles. The molecule has 3 fully saturated rings. The minimum atomic E-state index is -0.231. The Morgan fingerprint density at radius 2 is 1.87 bits per heavy atom. The molecular weight excluding hydrogens is 507 g/mol. The predicted molar refractivity (Wildman–Crippen MR) is 132 cm³/mol.